The number of fused-ring (bicyclic) bond motifs is 1. The molecule has 118 valence electrons. The van der Waals surface area contributed by atoms with Crippen molar-refractivity contribution in [2.45, 2.75) is 20.4 Å². The average molecular weight is 308 g/mol. The summed E-state index contributed by atoms with van der Waals surface area (Å²) in [6, 6.07) is 13.5. The third-order valence-electron chi connectivity index (χ3n) is 4.20. The van der Waals surface area contributed by atoms with Crippen molar-refractivity contribution >= 4 is 17.4 Å². The molecule has 0 aromatic heterocycles. The van der Waals surface area contributed by atoms with Gasteiger partial charge in [0.05, 0.1) is 17.9 Å². The highest BCUT2D eigenvalue weighted by Gasteiger charge is 2.35. The summed E-state index contributed by atoms with van der Waals surface area (Å²) in [6.07, 6.45) is 0. The molecule has 1 aliphatic rings. The van der Waals surface area contributed by atoms with Crippen LogP contribution >= 0.6 is 0 Å². The van der Waals surface area contributed by atoms with Crippen LogP contribution < -0.4 is 4.90 Å². The van der Waals surface area contributed by atoms with Crippen LogP contribution in [0.5, 0.6) is 0 Å². The maximum absolute atomic E-state index is 12.2. The van der Waals surface area contributed by atoms with Crippen LogP contribution in [-0.4, -0.2) is 30.3 Å². The second kappa shape index (κ2) is 5.97. The van der Waals surface area contributed by atoms with Crippen molar-refractivity contribution in [1.82, 2.24) is 4.90 Å². The smallest absolute Gasteiger partial charge is 0.291 e. The molecule has 1 amide bonds. The van der Waals surface area contributed by atoms with Gasteiger partial charge < -0.3 is 0 Å². The first-order valence-electron chi connectivity index (χ1n) is 7.67. The predicted octanol–water partition coefficient (Wildman–Crippen LogP) is 2.92. The first-order chi connectivity index (χ1) is 11.0. The van der Waals surface area contributed by atoms with Crippen LogP contribution in [0, 0.1) is 13.8 Å². The maximum Gasteiger partial charge on any atom is 0.300 e. The van der Waals surface area contributed by atoms with Gasteiger partial charge in [0.25, 0.3) is 5.78 Å². The highest BCUT2D eigenvalue weighted by atomic mass is 16.2. The Morgan fingerprint density at radius 2 is 1.78 bits per heavy atom. The summed E-state index contributed by atoms with van der Waals surface area (Å²) in [6.45, 7) is 5.29. The molecule has 23 heavy (non-hydrogen) atoms. The number of benzene rings is 2. The number of ketones is 1. The molecule has 4 nitrogen and oxygen atoms in total. The second-order valence-corrected chi connectivity index (χ2v) is 6.16. The monoisotopic (exact) mass is 308 g/mol. The van der Waals surface area contributed by atoms with E-state index in [9.17, 15) is 9.59 Å². The van der Waals surface area contributed by atoms with Gasteiger partial charge in [0.15, 0.2) is 0 Å². The van der Waals surface area contributed by atoms with Gasteiger partial charge in [-0.2, -0.15) is 0 Å². The van der Waals surface area contributed by atoms with Crippen LogP contribution in [0.2, 0.25) is 0 Å². The molecule has 3 rings (SSSR count). The van der Waals surface area contributed by atoms with Crippen LogP contribution in [0.25, 0.3) is 0 Å². The number of amides is 1. The van der Waals surface area contributed by atoms with Crippen molar-refractivity contribution in [3.05, 3.63) is 64.7 Å². The summed E-state index contributed by atoms with van der Waals surface area (Å²) in [5, 5.41) is 0. The van der Waals surface area contributed by atoms with Gasteiger partial charge in [-0.25, -0.2) is 0 Å². The first-order valence-corrected chi connectivity index (χ1v) is 7.67. The minimum atomic E-state index is -0.446. The summed E-state index contributed by atoms with van der Waals surface area (Å²) in [4.78, 5) is 27.8. The summed E-state index contributed by atoms with van der Waals surface area (Å²) in [7, 11) is 1.96. The molecule has 2 aromatic carbocycles. The van der Waals surface area contributed by atoms with Crippen molar-refractivity contribution in [2.75, 3.05) is 18.6 Å². The fraction of sp³-hybridized carbons (Fsp3) is 0.263. The molecular formula is C19H20N2O2. The van der Waals surface area contributed by atoms with Crippen molar-refractivity contribution in [1.29, 1.82) is 0 Å². The third kappa shape index (κ3) is 2.90. The van der Waals surface area contributed by atoms with E-state index in [1.54, 1.807) is 17.0 Å². The third-order valence-corrected chi connectivity index (χ3v) is 4.20. The summed E-state index contributed by atoms with van der Waals surface area (Å²) < 4.78 is 0. The maximum atomic E-state index is 12.2. The number of Topliss-reactive ketones (excluding diaryl/α,β-unsaturated/α-hetero) is 1. The molecule has 0 N–H and O–H groups in total. The lowest BCUT2D eigenvalue weighted by Crippen LogP contribution is -2.39. The Hall–Kier alpha value is -2.46. The van der Waals surface area contributed by atoms with Crippen LogP contribution in [0.4, 0.5) is 5.69 Å². The van der Waals surface area contributed by atoms with Crippen molar-refractivity contribution in [3.8, 4) is 0 Å². The van der Waals surface area contributed by atoms with Gasteiger partial charge in [0.1, 0.15) is 0 Å². The number of hydrogen-bond acceptors (Lipinski definition) is 3. The standard InChI is InChI=1S/C19H20N2O2/c1-13-8-9-15(14(2)10-13)11-20(3)12-21-17-7-5-4-6-16(17)18(22)19(21)23/h4-10H,11-12H2,1-3H3. The number of aryl methyl sites for hydroxylation is 2. The lowest BCUT2D eigenvalue weighted by atomic mass is 10.1. The Labute approximate surface area is 136 Å². The minimum Gasteiger partial charge on any atom is -0.291 e. The van der Waals surface area contributed by atoms with Gasteiger partial charge >= 0.3 is 5.91 Å². The van der Waals surface area contributed by atoms with Gasteiger partial charge in [-0.05, 0) is 44.2 Å². The van der Waals surface area contributed by atoms with Gasteiger partial charge in [0.2, 0.25) is 0 Å². The molecule has 0 saturated carbocycles. The topological polar surface area (TPSA) is 40.6 Å². The molecule has 0 aliphatic carbocycles. The van der Waals surface area contributed by atoms with E-state index in [4.69, 9.17) is 0 Å². The number of nitrogens with zero attached hydrogens (tertiary/aromatic N) is 2. The zero-order valence-corrected chi connectivity index (χ0v) is 13.7. The summed E-state index contributed by atoms with van der Waals surface area (Å²) in [5.74, 6) is -0.862. The molecule has 0 atom stereocenters. The molecule has 0 unspecified atom stereocenters. The van der Waals surface area contributed by atoms with E-state index in [1.165, 1.54) is 16.7 Å². The molecule has 4 heteroatoms. The SMILES string of the molecule is Cc1ccc(CN(C)CN2C(=O)C(=O)c3ccccc32)c(C)c1. The van der Waals surface area contributed by atoms with Gasteiger partial charge in [-0.15, -0.1) is 0 Å². The molecule has 0 fully saturated rings. The van der Waals surface area contributed by atoms with Crippen LogP contribution in [-0.2, 0) is 11.3 Å². The lowest BCUT2D eigenvalue weighted by molar-refractivity contribution is -0.114. The largest absolute Gasteiger partial charge is 0.300 e. The average Bonchev–Trinajstić information content (AvgIpc) is 2.76. The number of rotatable bonds is 4. The van der Waals surface area contributed by atoms with Crippen LogP contribution in [0.15, 0.2) is 42.5 Å². The van der Waals surface area contributed by atoms with Crippen LogP contribution in [0.1, 0.15) is 27.0 Å². The molecular weight excluding hydrogens is 288 g/mol. The number of carbonyl (C=O) groups excluding carboxylic acids is 2. The number of carbonyl (C=O) groups is 2. The Bertz CT molecular complexity index is 783. The quantitative estimate of drug-likeness (QED) is 0.815. The van der Waals surface area contributed by atoms with Crippen molar-refractivity contribution < 1.29 is 9.59 Å². The van der Waals surface area contributed by atoms with E-state index in [0.29, 0.717) is 17.9 Å². The molecule has 0 spiro atoms. The molecule has 2 aromatic rings. The number of anilines is 1. The Morgan fingerprint density at radius 1 is 1.04 bits per heavy atom. The Morgan fingerprint density at radius 3 is 2.52 bits per heavy atom. The highest BCUT2D eigenvalue weighted by Crippen LogP contribution is 2.28. The van der Waals surface area contributed by atoms with E-state index in [2.05, 4.69) is 32.0 Å². The lowest BCUT2D eigenvalue weighted by Gasteiger charge is -2.25. The second-order valence-electron chi connectivity index (χ2n) is 6.16. The zero-order chi connectivity index (χ0) is 16.6. The van der Waals surface area contributed by atoms with Crippen molar-refractivity contribution in [2.24, 2.45) is 0 Å². The molecule has 0 radical (unpaired) electrons. The Kier molecular flexibility index (Phi) is 4.01. The normalized spacial score (nSPS) is 13.8. The van der Waals surface area contributed by atoms with Gasteiger partial charge in [-0.3, -0.25) is 19.4 Å². The fourth-order valence-corrected chi connectivity index (χ4v) is 2.99. The van der Waals surface area contributed by atoms with E-state index in [0.717, 1.165) is 6.54 Å². The van der Waals surface area contributed by atoms with Gasteiger partial charge in [0, 0.05) is 6.54 Å². The summed E-state index contributed by atoms with van der Waals surface area (Å²) >= 11 is 0. The number of hydrogen-bond donors (Lipinski definition) is 0. The summed E-state index contributed by atoms with van der Waals surface area (Å²) in [5.41, 5.74) is 4.90. The minimum absolute atomic E-state index is 0.398. The molecule has 1 aliphatic heterocycles. The predicted molar refractivity (Wildman–Crippen MR) is 90.5 cm³/mol. The molecule has 1 heterocycles. The first kappa shape index (κ1) is 15.4. The van der Waals surface area contributed by atoms with E-state index in [1.807, 2.05) is 24.1 Å². The zero-order valence-electron chi connectivity index (χ0n) is 13.7. The fourth-order valence-electron chi connectivity index (χ4n) is 2.99. The molecule has 0 bridgehead atoms. The molecule has 0 saturated heterocycles. The van der Waals surface area contributed by atoms with Gasteiger partial charge in [-0.1, -0.05) is 35.9 Å². The number of para-hydroxylation sites is 1. The van der Waals surface area contributed by atoms with E-state index >= 15 is 0 Å². The highest BCUT2D eigenvalue weighted by molar-refractivity contribution is 6.52. The van der Waals surface area contributed by atoms with Crippen molar-refractivity contribution in [3.63, 3.8) is 0 Å². The van der Waals surface area contributed by atoms with E-state index < -0.39 is 11.7 Å². The van der Waals surface area contributed by atoms with Crippen LogP contribution in [0.3, 0.4) is 0 Å². The Balaban J connectivity index is 1.77. The van der Waals surface area contributed by atoms with E-state index in [-0.39, 0.29) is 0 Å².